The van der Waals surface area contributed by atoms with E-state index in [0.29, 0.717) is 30.6 Å². The van der Waals surface area contributed by atoms with E-state index in [1.807, 2.05) is 29.2 Å². The lowest BCUT2D eigenvalue weighted by atomic mass is 9.95. The maximum Gasteiger partial charge on any atom is 0.225 e. The molecule has 6 heteroatoms. The van der Waals surface area contributed by atoms with Gasteiger partial charge in [-0.25, -0.2) is 0 Å². The van der Waals surface area contributed by atoms with Crippen molar-refractivity contribution in [2.24, 2.45) is 5.92 Å². The summed E-state index contributed by atoms with van der Waals surface area (Å²) < 4.78 is 12.4. The van der Waals surface area contributed by atoms with E-state index in [1.54, 1.807) is 0 Å². The topological polar surface area (TPSA) is 42.0 Å². The van der Waals surface area contributed by atoms with Gasteiger partial charge in [0.05, 0.1) is 13.0 Å². The SMILES string of the molecule is CCC(C)CN1CCOC(COc2ccc(Cl)cc2)(CC(=O)N2CCCCC2)C1. The fourth-order valence-electron chi connectivity index (χ4n) is 4.17. The Kier molecular flexibility index (Phi) is 8.22. The minimum atomic E-state index is -0.611. The maximum absolute atomic E-state index is 13.1. The Morgan fingerprint density at radius 1 is 1.21 bits per heavy atom. The summed E-state index contributed by atoms with van der Waals surface area (Å²) in [7, 11) is 0. The number of amides is 1. The number of rotatable bonds is 8. The minimum Gasteiger partial charge on any atom is -0.491 e. The first-order valence-corrected chi connectivity index (χ1v) is 11.4. The number of nitrogens with zero attached hydrogens (tertiary/aromatic N) is 2. The molecule has 0 aromatic heterocycles. The van der Waals surface area contributed by atoms with Crippen molar-refractivity contribution in [3.8, 4) is 5.75 Å². The summed E-state index contributed by atoms with van der Waals surface area (Å²) in [5, 5.41) is 0.681. The molecule has 2 fully saturated rings. The lowest BCUT2D eigenvalue weighted by Gasteiger charge is -2.43. The highest BCUT2D eigenvalue weighted by Gasteiger charge is 2.41. The number of piperidine rings is 1. The first kappa shape index (κ1) is 22.4. The number of hydrogen-bond donors (Lipinski definition) is 0. The second-order valence-electron chi connectivity index (χ2n) is 8.64. The van der Waals surface area contributed by atoms with Crippen molar-refractivity contribution in [3.05, 3.63) is 29.3 Å². The quantitative estimate of drug-likeness (QED) is 0.628. The molecule has 5 nitrogen and oxygen atoms in total. The molecule has 2 aliphatic rings. The summed E-state index contributed by atoms with van der Waals surface area (Å²) in [5.74, 6) is 1.57. The molecule has 2 heterocycles. The van der Waals surface area contributed by atoms with Crippen molar-refractivity contribution < 1.29 is 14.3 Å². The molecule has 1 amide bonds. The standard InChI is InChI=1S/C23H35ClN2O3/c1-3-19(2)16-25-13-14-29-23(17-25,15-22(27)26-11-5-4-6-12-26)18-28-21-9-7-20(24)8-10-21/h7-10,19H,3-6,11-18H2,1-2H3. The Morgan fingerprint density at radius 2 is 1.93 bits per heavy atom. The van der Waals surface area contributed by atoms with E-state index in [2.05, 4.69) is 18.7 Å². The minimum absolute atomic E-state index is 0.190. The predicted octanol–water partition coefficient (Wildman–Crippen LogP) is 4.24. The van der Waals surface area contributed by atoms with Gasteiger partial charge in [-0.3, -0.25) is 9.69 Å². The molecule has 0 N–H and O–H groups in total. The van der Waals surface area contributed by atoms with Crippen molar-refractivity contribution in [2.75, 3.05) is 45.9 Å². The maximum atomic E-state index is 13.1. The number of ether oxygens (including phenoxy) is 2. The van der Waals surface area contributed by atoms with Crippen LogP contribution in [0.2, 0.25) is 5.02 Å². The Labute approximate surface area is 180 Å². The van der Waals surface area contributed by atoms with E-state index in [0.717, 1.165) is 57.7 Å². The first-order chi connectivity index (χ1) is 14.0. The molecule has 2 aliphatic heterocycles. The van der Waals surface area contributed by atoms with Crippen LogP contribution < -0.4 is 4.74 Å². The lowest BCUT2D eigenvalue weighted by Crippen LogP contribution is -2.57. The van der Waals surface area contributed by atoms with E-state index in [1.165, 1.54) is 6.42 Å². The van der Waals surface area contributed by atoms with Crippen molar-refractivity contribution >= 4 is 17.5 Å². The Morgan fingerprint density at radius 3 is 2.62 bits per heavy atom. The number of benzene rings is 1. The van der Waals surface area contributed by atoms with Crippen LogP contribution in [0.1, 0.15) is 46.0 Å². The molecule has 0 aliphatic carbocycles. The third-order valence-electron chi connectivity index (χ3n) is 6.09. The zero-order valence-electron chi connectivity index (χ0n) is 17.9. The third kappa shape index (κ3) is 6.59. The van der Waals surface area contributed by atoms with Crippen LogP contribution in [0.3, 0.4) is 0 Å². The largest absolute Gasteiger partial charge is 0.491 e. The van der Waals surface area contributed by atoms with Gasteiger partial charge < -0.3 is 14.4 Å². The van der Waals surface area contributed by atoms with Crippen molar-refractivity contribution in [1.29, 1.82) is 0 Å². The summed E-state index contributed by atoms with van der Waals surface area (Å²) in [6.07, 6.45) is 4.94. The van der Waals surface area contributed by atoms with Crippen LogP contribution in [0.5, 0.6) is 5.75 Å². The van der Waals surface area contributed by atoms with Gasteiger partial charge in [-0.1, -0.05) is 31.9 Å². The van der Waals surface area contributed by atoms with Gasteiger partial charge in [-0.15, -0.1) is 0 Å². The predicted molar refractivity (Wildman–Crippen MR) is 117 cm³/mol. The van der Waals surface area contributed by atoms with Crippen LogP contribution >= 0.6 is 11.6 Å². The fraction of sp³-hybridized carbons (Fsp3) is 0.696. The molecule has 0 spiro atoms. The highest BCUT2D eigenvalue weighted by Crippen LogP contribution is 2.27. The Bertz CT molecular complexity index is 648. The highest BCUT2D eigenvalue weighted by molar-refractivity contribution is 6.30. The lowest BCUT2D eigenvalue weighted by molar-refractivity contribution is -0.157. The normalized spacial score (nSPS) is 24.3. The molecular weight excluding hydrogens is 388 g/mol. The van der Waals surface area contributed by atoms with Crippen LogP contribution in [0.15, 0.2) is 24.3 Å². The third-order valence-corrected chi connectivity index (χ3v) is 6.34. The van der Waals surface area contributed by atoms with Gasteiger partial charge in [0, 0.05) is 37.7 Å². The number of halogens is 1. The summed E-state index contributed by atoms with van der Waals surface area (Å²) in [5.41, 5.74) is -0.611. The fourth-order valence-corrected chi connectivity index (χ4v) is 4.30. The van der Waals surface area contributed by atoms with Gasteiger partial charge in [-0.05, 0) is 49.4 Å². The van der Waals surface area contributed by atoms with E-state index in [9.17, 15) is 4.79 Å². The van der Waals surface area contributed by atoms with Crippen molar-refractivity contribution in [2.45, 2.75) is 51.6 Å². The van der Waals surface area contributed by atoms with Gasteiger partial charge in [0.25, 0.3) is 0 Å². The summed E-state index contributed by atoms with van der Waals surface area (Å²) in [6, 6.07) is 7.36. The molecule has 0 bridgehead atoms. The molecule has 2 unspecified atom stereocenters. The molecule has 1 aromatic carbocycles. The smallest absolute Gasteiger partial charge is 0.225 e. The monoisotopic (exact) mass is 422 g/mol. The first-order valence-electron chi connectivity index (χ1n) is 11.0. The summed E-state index contributed by atoms with van der Waals surface area (Å²) in [4.78, 5) is 17.5. The van der Waals surface area contributed by atoms with Crippen LogP contribution in [-0.2, 0) is 9.53 Å². The molecular formula is C23H35ClN2O3. The second-order valence-corrected chi connectivity index (χ2v) is 9.08. The molecule has 2 atom stereocenters. The Hall–Kier alpha value is -1.30. The highest BCUT2D eigenvalue weighted by atomic mass is 35.5. The average molecular weight is 423 g/mol. The van der Waals surface area contributed by atoms with E-state index in [-0.39, 0.29) is 5.91 Å². The van der Waals surface area contributed by atoms with Crippen LogP contribution in [-0.4, -0.2) is 67.2 Å². The number of hydrogen-bond acceptors (Lipinski definition) is 4. The average Bonchev–Trinajstić information content (AvgIpc) is 2.74. The van der Waals surface area contributed by atoms with Crippen LogP contribution in [0.25, 0.3) is 0 Å². The van der Waals surface area contributed by atoms with Crippen molar-refractivity contribution in [3.63, 3.8) is 0 Å². The van der Waals surface area contributed by atoms with Gasteiger partial charge in [0.1, 0.15) is 18.0 Å². The number of carbonyl (C=O) groups is 1. The Balaban J connectivity index is 1.70. The van der Waals surface area contributed by atoms with E-state index < -0.39 is 5.60 Å². The van der Waals surface area contributed by atoms with E-state index >= 15 is 0 Å². The summed E-state index contributed by atoms with van der Waals surface area (Å²) in [6.45, 7) is 9.89. The van der Waals surface area contributed by atoms with Crippen LogP contribution in [0, 0.1) is 5.92 Å². The molecule has 3 rings (SSSR count). The second kappa shape index (κ2) is 10.6. The zero-order chi connectivity index (χ0) is 20.7. The van der Waals surface area contributed by atoms with E-state index in [4.69, 9.17) is 21.1 Å². The molecule has 0 saturated carbocycles. The molecule has 29 heavy (non-hydrogen) atoms. The number of likely N-dealkylation sites (tertiary alicyclic amines) is 1. The number of carbonyl (C=O) groups excluding carboxylic acids is 1. The van der Waals surface area contributed by atoms with Gasteiger partial charge in [-0.2, -0.15) is 0 Å². The number of morpholine rings is 1. The molecule has 0 radical (unpaired) electrons. The van der Waals surface area contributed by atoms with Gasteiger partial charge in [0.15, 0.2) is 0 Å². The zero-order valence-corrected chi connectivity index (χ0v) is 18.6. The van der Waals surface area contributed by atoms with Crippen LogP contribution in [0.4, 0.5) is 0 Å². The van der Waals surface area contributed by atoms with Gasteiger partial charge >= 0.3 is 0 Å². The molecule has 162 valence electrons. The molecule has 2 saturated heterocycles. The molecule has 1 aromatic rings. The summed E-state index contributed by atoms with van der Waals surface area (Å²) >= 11 is 5.99. The van der Waals surface area contributed by atoms with Crippen molar-refractivity contribution in [1.82, 2.24) is 9.80 Å². The van der Waals surface area contributed by atoms with Gasteiger partial charge in [0.2, 0.25) is 5.91 Å².